The number of carbonyl (C=O) groups excluding carboxylic acids is 1. The number of thiophene rings is 1. The van der Waals surface area contributed by atoms with Crippen LogP contribution in [-0.4, -0.2) is 31.3 Å². The summed E-state index contributed by atoms with van der Waals surface area (Å²) in [7, 11) is 1.56. The molecule has 0 bridgehead atoms. The Labute approximate surface area is 118 Å². The highest BCUT2D eigenvalue weighted by Gasteiger charge is 2.16. The minimum atomic E-state index is -0.0986. The Balaban J connectivity index is 2.51. The van der Waals surface area contributed by atoms with Crippen LogP contribution in [0.2, 0.25) is 0 Å². The molecular weight excluding hydrogens is 262 g/mol. The maximum atomic E-state index is 12.0. The Morgan fingerprint density at radius 2 is 2.26 bits per heavy atom. The van der Waals surface area contributed by atoms with Crippen molar-refractivity contribution in [3.8, 4) is 5.75 Å². The molecule has 1 aromatic rings. The fourth-order valence-electron chi connectivity index (χ4n) is 2.09. The number of aliphatic hydroxyl groups is 1. The zero-order valence-electron chi connectivity index (χ0n) is 11.8. The number of hydrogen-bond donors (Lipinski definition) is 2. The van der Waals surface area contributed by atoms with Crippen molar-refractivity contribution < 1.29 is 14.6 Å². The molecule has 0 saturated heterocycles. The number of amides is 1. The van der Waals surface area contributed by atoms with Gasteiger partial charge < -0.3 is 15.2 Å². The molecule has 1 unspecified atom stereocenters. The van der Waals surface area contributed by atoms with E-state index in [1.165, 1.54) is 11.3 Å². The summed E-state index contributed by atoms with van der Waals surface area (Å²) in [5.41, 5.74) is 0. The van der Waals surface area contributed by atoms with Crippen molar-refractivity contribution in [1.29, 1.82) is 0 Å². The van der Waals surface area contributed by atoms with E-state index in [2.05, 4.69) is 19.2 Å². The Morgan fingerprint density at radius 1 is 1.53 bits per heavy atom. The van der Waals surface area contributed by atoms with Crippen molar-refractivity contribution in [1.82, 2.24) is 5.32 Å². The maximum absolute atomic E-state index is 12.0. The first-order chi connectivity index (χ1) is 9.08. The van der Waals surface area contributed by atoms with E-state index in [-0.39, 0.29) is 12.5 Å². The van der Waals surface area contributed by atoms with Crippen molar-refractivity contribution >= 4 is 17.2 Å². The minimum Gasteiger partial charge on any atom is -0.495 e. The molecule has 1 atom stereocenters. The molecule has 0 saturated carbocycles. The van der Waals surface area contributed by atoms with Crippen LogP contribution in [0.4, 0.5) is 0 Å². The van der Waals surface area contributed by atoms with Crippen LogP contribution in [0.25, 0.3) is 0 Å². The van der Waals surface area contributed by atoms with Crippen LogP contribution in [0.5, 0.6) is 5.75 Å². The second-order valence-electron chi connectivity index (χ2n) is 5.04. The molecule has 0 aromatic carbocycles. The lowest BCUT2D eigenvalue weighted by Crippen LogP contribution is -2.30. The predicted molar refractivity (Wildman–Crippen MR) is 77.9 cm³/mol. The summed E-state index contributed by atoms with van der Waals surface area (Å²) >= 11 is 1.37. The average molecular weight is 285 g/mol. The van der Waals surface area contributed by atoms with Crippen LogP contribution in [0.15, 0.2) is 11.4 Å². The summed E-state index contributed by atoms with van der Waals surface area (Å²) in [6.07, 6.45) is 1.72. The van der Waals surface area contributed by atoms with Gasteiger partial charge in [-0.15, -0.1) is 11.3 Å². The second-order valence-corrected chi connectivity index (χ2v) is 5.95. The third-order valence-electron chi connectivity index (χ3n) is 2.95. The van der Waals surface area contributed by atoms with Crippen LogP contribution in [0, 0.1) is 11.8 Å². The second kappa shape index (κ2) is 8.17. The van der Waals surface area contributed by atoms with Gasteiger partial charge in [-0.3, -0.25) is 4.79 Å². The molecule has 0 fully saturated rings. The highest BCUT2D eigenvalue weighted by atomic mass is 32.1. The van der Waals surface area contributed by atoms with E-state index >= 15 is 0 Å². The van der Waals surface area contributed by atoms with Gasteiger partial charge in [0.15, 0.2) is 0 Å². The third-order valence-corrected chi connectivity index (χ3v) is 3.84. The zero-order chi connectivity index (χ0) is 14.3. The van der Waals surface area contributed by atoms with Gasteiger partial charge >= 0.3 is 0 Å². The topological polar surface area (TPSA) is 58.6 Å². The summed E-state index contributed by atoms with van der Waals surface area (Å²) in [6.45, 7) is 5.05. The summed E-state index contributed by atoms with van der Waals surface area (Å²) in [5, 5.41) is 13.8. The number of hydrogen-bond acceptors (Lipinski definition) is 4. The van der Waals surface area contributed by atoms with Crippen LogP contribution >= 0.6 is 11.3 Å². The first-order valence-corrected chi connectivity index (χ1v) is 7.47. The number of rotatable bonds is 8. The van der Waals surface area contributed by atoms with Crippen LogP contribution in [0.1, 0.15) is 36.4 Å². The number of methoxy groups -OCH3 is 1. The van der Waals surface area contributed by atoms with E-state index in [0.29, 0.717) is 29.0 Å². The van der Waals surface area contributed by atoms with Crippen LogP contribution < -0.4 is 10.1 Å². The molecule has 0 radical (unpaired) electrons. The van der Waals surface area contributed by atoms with Gasteiger partial charge in [0.2, 0.25) is 0 Å². The Kier molecular flexibility index (Phi) is 6.87. The quantitative estimate of drug-likeness (QED) is 0.771. The maximum Gasteiger partial charge on any atom is 0.265 e. The zero-order valence-corrected chi connectivity index (χ0v) is 12.6. The molecule has 1 aromatic heterocycles. The third kappa shape index (κ3) is 5.20. The van der Waals surface area contributed by atoms with Crippen LogP contribution in [-0.2, 0) is 0 Å². The molecule has 19 heavy (non-hydrogen) atoms. The Morgan fingerprint density at radius 3 is 2.84 bits per heavy atom. The normalized spacial score (nSPS) is 12.5. The molecule has 0 spiro atoms. The van der Waals surface area contributed by atoms with Gasteiger partial charge in [-0.1, -0.05) is 13.8 Å². The monoisotopic (exact) mass is 285 g/mol. The highest BCUT2D eigenvalue weighted by Crippen LogP contribution is 2.24. The average Bonchev–Trinajstić information content (AvgIpc) is 2.83. The summed E-state index contributed by atoms with van der Waals surface area (Å²) in [5.74, 6) is 1.40. The van der Waals surface area contributed by atoms with Gasteiger partial charge in [0.25, 0.3) is 5.91 Å². The molecule has 108 valence electrons. The lowest BCUT2D eigenvalue weighted by molar-refractivity contribution is 0.0942. The minimum absolute atomic E-state index is 0.0986. The first-order valence-electron chi connectivity index (χ1n) is 6.59. The van der Waals surface area contributed by atoms with Gasteiger partial charge in [0.05, 0.1) is 7.11 Å². The molecule has 0 aliphatic carbocycles. The van der Waals surface area contributed by atoms with Crippen molar-refractivity contribution in [2.24, 2.45) is 11.8 Å². The van der Waals surface area contributed by atoms with E-state index < -0.39 is 0 Å². The lowest BCUT2D eigenvalue weighted by atomic mass is 9.94. The largest absolute Gasteiger partial charge is 0.495 e. The fraction of sp³-hybridized carbons (Fsp3) is 0.643. The van der Waals surface area contributed by atoms with Gasteiger partial charge in [-0.25, -0.2) is 0 Å². The van der Waals surface area contributed by atoms with E-state index in [4.69, 9.17) is 9.84 Å². The molecule has 1 rings (SSSR count). The summed E-state index contributed by atoms with van der Waals surface area (Å²) < 4.78 is 5.13. The molecule has 0 aliphatic heterocycles. The van der Waals surface area contributed by atoms with Gasteiger partial charge in [0, 0.05) is 13.2 Å². The number of nitrogens with one attached hydrogen (secondary N) is 1. The van der Waals surface area contributed by atoms with Gasteiger partial charge in [-0.05, 0) is 36.1 Å². The van der Waals surface area contributed by atoms with Crippen molar-refractivity contribution in [3.63, 3.8) is 0 Å². The van der Waals surface area contributed by atoms with Crippen molar-refractivity contribution in [2.45, 2.75) is 26.7 Å². The standard InChI is InChI=1S/C14H23NO3S/c1-10(2)8-11(4-6-16)9-15-14(17)13-12(18-3)5-7-19-13/h5,7,10-11,16H,4,6,8-9H2,1-3H3,(H,15,17). The Bertz CT molecular complexity index is 390. The molecule has 1 heterocycles. The molecule has 5 heteroatoms. The van der Waals surface area contributed by atoms with Crippen molar-refractivity contribution in [2.75, 3.05) is 20.3 Å². The molecule has 1 amide bonds. The number of aliphatic hydroxyl groups excluding tert-OH is 1. The van der Waals surface area contributed by atoms with Gasteiger partial charge in [-0.2, -0.15) is 0 Å². The fourth-order valence-corrected chi connectivity index (χ4v) is 2.87. The van der Waals surface area contributed by atoms with E-state index in [1.807, 2.05) is 5.38 Å². The number of carbonyl (C=O) groups is 1. The van der Waals surface area contributed by atoms with E-state index in [9.17, 15) is 4.79 Å². The lowest BCUT2D eigenvalue weighted by Gasteiger charge is -2.18. The van der Waals surface area contributed by atoms with Crippen LogP contribution in [0.3, 0.4) is 0 Å². The summed E-state index contributed by atoms with van der Waals surface area (Å²) in [4.78, 5) is 12.6. The van der Waals surface area contributed by atoms with E-state index in [0.717, 1.165) is 12.8 Å². The SMILES string of the molecule is COc1ccsc1C(=O)NCC(CCO)CC(C)C. The summed E-state index contributed by atoms with van der Waals surface area (Å²) in [6, 6.07) is 1.79. The molecule has 2 N–H and O–H groups in total. The van der Waals surface area contributed by atoms with Crippen molar-refractivity contribution in [3.05, 3.63) is 16.3 Å². The highest BCUT2D eigenvalue weighted by molar-refractivity contribution is 7.12. The molecule has 0 aliphatic rings. The van der Waals surface area contributed by atoms with E-state index in [1.54, 1.807) is 13.2 Å². The van der Waals surface area contributed by atoms with Gasteiger partial charge in [0.1, 0.15) is 10.6 Å². The molecule has 4 nitrogen and oxygen atoms in total. The molecular formula is C14H23NO3S. The smallest absolute Gasteiger partial charge is 0.265 e. The predicted octanol–water partition coefficient (Wildman–Crippen LogP) is 2.53. The first kappa shape index (κ1) is 16.0. The number of ether oxygens (including phenoxy) is 1. The Hall–Kier alpha value is -1.07.